The lowest BCUT2D eigenvalue weighted by atomic mass is 10.2. The van der Waals surface area contributed by atoms with Crippen LogP contribution in [0, 0.1) is 6.92 Å². The van der Waals surface area contributed by atoms with Crippen LogP contribution in [-0.2, 0) is 13.0 Å². The van der Waals surface area contributed by atoms with Gasteiger partial charge < -0.3 is 10.6 Å². The second-order valence-electron chi connectivity index (χ2n) is 4.43. The summed E-state index contributed by atoms with van der Waals surface area (Å²) in [7, 11) is 0. The fraction of sp³-hybridized carbons (Fsp3) is 0.462. The van der Waals surface area contributed by atoms with Crippen LogP contribution in [-0.4, -0.2) is 16.0 Å². The molecule has 0 aromatic carbocycles. The number of nitrogens with one attached hydrogen (secondary N) is 2. The summed E-state index contributed by atoms with van der Waals surface area (Å²) in [5.41, 5.74) is 3.67. The number of thiazole rings is 2. The first-order valence-electron chi connectivity index (χ1n) is 6.47. The number of carbonyl (C=O) groups excluding carboxylic acids is 1. The van der Waals surface area contributed by atoms with Gasteiger partial charge >= 0.3 is 6.03 Å². The Balaban J connectivity index is 1.83. The third kappa shape index (κ3) is 3.77. The number of urea groups is 1. The molecule has 2 aromatic rings. The normalized spacial score (nSPS) is 12.2. The predicted octanol–water partition coefficient (Wildman–Crippen LogP) is 3.03. The van der Waals surface area contributed by atoms with Crippen molar-refractivity contribution in [2.24, 2.45) is 0 Å². The summed E-state index contributed by atoms with van der Waals surface area (Å²) in [5.74, 6) is 0. The molecule has 0 bridgehead atoms. The van der Waals surface area contributed by atoms with Crippen molar-refractivity contribution in [3.63, 3.8) is 0 Å². The number of carbonyl (C=O) groups is 1. The third-order valence-electron chi connectivity index (χ3n) is 2.92. The van der Waals surface area contributed by atoms with Gasteiger partial charge in [-0.15, -0.1) is 22.7 Å². The van der Waals surface area contributed by atoms with Gasteiger partial charge in [0.2, 0.25) is 0 Å². The molecular weight excluding hydrogens is 292 g/mol. The van der Waals surface area contributed by atoms with Gasteiger partial charge in [0.25, 0.3) is 0 Å². The maximum atomic E-state index is 11.8. The molecule has 0 unspecified atom stereocenters. The number of rotatable bonds is 5. The van der Waals surface area contributed by atoms with E-state index in [0.717, 1.165) is 27.7 Å². The second kappa shape index (κ2) is 6.81. The molecule has 0 aliphatic carbocycles. The Bertz CT molecular complexity index is 578. The highest BCUT2D eigenvalue weighted by Gasteiger charge is 2.12. The molecule has 2 N–H and O–H groups in total. The molecular formula is C13H18N4OS2. The Morgan fingerprint density at radius 3 is 2.85 bits per heavy atom. The standard InChI is InChI=1S/C13H18N4OS2/c1-4-12-17-10(6-19-12)8(2)16-13(18)14-5-11-9(3)15-7-20-11/h6-8H,4-5H2,1-3H3,(H2,14,16,18)/t8-/m0/s1. The van der Waals surface area contributed by atoms with E-state index in [2.05, 4.69) is 27.5 Å². The molecule has 2 rings (SSSR count). The van der Waals surface area contributed by atoms with Crippen molar-refractivity contribution in [3.8, 4) is 0 Å². The summed E-state index contributed by atoms with van der Waals surface area (Å²) in [5, 5.41) is 8.83. The van der Waals surface area contributed by atoms with Crippen molar-refractivity contribution >= 4 is 28.7 Å². The number of aryl methyl sites for hydroxylation is 2. The van der Waals surface area contributed by atoms with Gasteiger partial charge in [-0.3, -0.25) is 0 Å². The quantitative estimate of drug-likeness (QED) is 0.892. The fourth-order valence-electron chi connectivity index (χ4n) is 1.66. The van der Waals surface area contributed by atoms with E-state index in [0.29, 0.717) is 6.54 Å². The first-order chi connectivity index (χ1) is 9.60. The number of hydrogen-bond acceptors (Lipinski definition) is 5. The SMILES string of the molecule is CCc1nc([C@H](C)NC(=O)NCc2scnc2C)cs1. The maximum absolute atomic E-state index is 11.8. The third-order valence-corrected chi connectivity index (χ3v) is 4.86. The lowest BCUT2D eigenvalue weighted by Crippen LogP contribution is -2.36. The topological polar surface area (TPSA) is 66.9 Å². The molecule has 108 valence electrons. The number of amides is 2. The van der Waals surface area contributed by atoms with E-state index >= 15 is 0 Å². The van der Waals surface area contributed by atoms with E-state index in [9.17, 15) is 4.79 Å². The zero-order valence-electron chi connectivity index (χ0n) is 11.8. The summed E-state index contributed by atoms with van der Waals surface area (Å²) >= 11 is 3.18. The Morgan fingerprint density at radius 2 is 2.25 bits per heavy atom. The fourth-order valence-corrected chi connectivity index (χ4v) is 3.22. The van der Waals surface area contributed by atoms with Gasteiger partial charge in [-0.05, 0) is 20.3 Å². The number of nitrogens with zero attached hydrogens (tertiary/aromatic N) is 2. The van der Waals surface area contributed by atoms with Crippen LogP contribution in [0.4, 0.5) is 4.79 Å². The van der Waals surface area contributed by atoms with Crippen molar-refractivity contribution in [2.45, 2.75) is 39.8 Å². The average Bonchev–Trinajstić information content (AvgIpc) is 3.05. The van der Waals surface area contributed by atoms with Crippen molar-refractivity contribution in [3.05, 3.63) is 32.2 Å². The van der Waals surface area contributed by atoms with E-state index in [4.69, 9.17) is 0 Å². The molecule has 1 atom stereocenters. The van der Waals surface area contributed by atoms with Crippen LogP contribution >= 0.6 is 22.7 Å². The highest BCUT2D eigenvalue weighted by molar-refractivity contribution is 7.10. The monoisotopic (exact) mass is 310 g/mol. The molecule has 0 saturated heterocycles. The highest BCUT2D eigenvalue weighted by Crippen LogP contribution is 2.17. The highest BCUT2D eigenvalue weighted by atomic mass is 32.1. The summed E-state index contributed by atoms with van der Waals surface area (Å²) in [4.78, 5) is 21.6. The van der Waals surface area contributed by atoms with Crippen molar-refractivity contribution in [2.75, 3.05) is 0 Å². The minimum Gasteiger partial charge on any atom is -0.333 e. The smallest absolute Gasteiger partial charge is 0.315 e. The molecule has 7 heteroatoms. The molecule has 0 spiro atoms. The first-order valence-corrected chi connectivity index (χ1v) is 8.23. The number of hydrogen-bond donors (Lipinski definition) is 2. The molecule has 0 radical (unpaired) electrons. The van der Waals surface area contributed by atoms with Gasteiger partial charge in [0.15, 0.2) is 0 Å². The van der Waals surface area contributed by atoms with Gasteiger partial charge in [-0.25, -0.2) is 14.8 Å². The minimum atomic E-state index is -0.184. The van der Waals surface area contributed by atoms with Gasteiger partial charge in [-0.1, -0.05) is 6.92 Å². The summed E-state index contributed by atoms with van der Waals surface area (Å²) in [6.07, 6.45) is 0.925. The van der Waals surface area contributed by atoms with E-state index < -0.39 is 0 Å². The van der Waals surface area contributed by atoms with Crippen LogP contribution in [0.2, 0.25) is 0 Å². The second-order valence-corrected chi connectivity index (χ2v) is 6.31. The van der Waals surface area contributed by atoms with E-state index in [1.54, 1.807) is 28.2 Å². The van der Waals surface area contributed by atoms with Crippen LogP contribution in [0.5, 0.6) is 0 Å². The summed E-state index contributed by atoms with van der Waals surface area (Å²) in [6, 6.07) is -0.273. The van der Waals surface area contributed by atoms with Crippen LogP contribution in [0.3, 0.4) is 0 Å². The molecule has 0 aliphatic heterocycles. The molecule has 0 saturated carbocycles. The zero-order valence-corrected chi connectivity index (χ0v) is 13.4. The van der Waals surface area contributed by atoms with Crippen LogP contribution < -0.4 is 10.6 Å². The molecule has 2 amide bonds. The summed E-state index contributed by atoms with van der Waals surface area (Å²) in [6.45, 7) is 6.46. The first kappa shape index (κ1) is 14.9. The predicted molar refractivity (Wildman–Crippen MR) is 82.1 cm³/mol. The average molecular weight is 310 g/mol. The number of aromatic nitrogens is 2. The largest absolute Gasteiger partial charge is 0.333 e. The van der Waals surface area contributed by atoms with E-state index in [-0.39, 0.29) is 12.1 Å². The van der Waals surface area contributed by atoms with Crippen LogP contribution in [0.25, 0.3) is 0 Å². The van der Waals surface area contributed by atoms with Crippen LogP contribution in [0.1, 0.15) is 41.2 Å². The van der Waals surface area contributed by atoms with Gasteiger partial charge in [0, 0.05) is 10.3 Å². The Morgan fingerprint density at radius 1 is 1.45 bits per heavy atom. The van der Waals surface area contributed by atoms with Gasteiger partial charge in [0.1, 0.15) is 0 Å². The molecule has 20 heavy (non-hydrogen) atoms. The molecule has 2 heterocycles. The lowest BCUT2D eigenvalue weighted by molar-refractivity contribution is 0.237. The Kier molecular flexibility index (Phi) is 5.08. The van der Waals surface area contributed by atoms with E-state index in [1.165, 1.54) is 0 Å². The lowest BCUT2D eigenvalue weighted by Gasteiger charge is -2.12. The van der Waals surface area contributed by atoms with Crippen molar-refractivity contribution < 1.29 is 4.79 Å². The van der Waals surface area contributed by atoms with Gasteiger partial charge in [0.05, 0.1) is 34.5 Å². The van der Waals surface area contributed by atoms with Crippen molar-refractivity contribution in [1.29, 1.82) is 0 Å². The van der Waals surface area contributed by atoms with E-state index in [1.807, 2.05) is 19.2 Å². The molecule has 0 fully saturated rings. The van der Waals surface area contributed by atoms with Gasteiger partial charge in [-0.2, -0.15) is 0 Å². The molecule has 0 aliphatic rings. The Labute approximate surface area is 126 Å². The summed E-state index contributed by atoms with van der Waals surface area (Å²) < 4.78 is 0. The Hall–Kier alpha value is -1.47. The van der Waals surface area contributed by atoms with Crippen molar-refractivity contribution in [1.82, 2.24) is 20.6 Å². The van der Waals surface area contributed by atoms with Crippen LogP contribution in [0.15, 0.2) is 10.9 Å². The molecule has 5 nitrogen and oxygen atoms in total. The maximum Gasteiger partial charge on any atom is 0.315 e. The minimum absolute atomic E-state index is 0.0888. The molecule has 2 aromatic heterocycles. The zero-order chi connectivity index (χ0) is 14.5.